The number of carbonyl (C=O) groups is 1. The van der Waals surface area contributed by atoms with Gasteiger partial charge in [0.15, 0.2) is 11.5 Å². The number of halogens is 1. The summed E-state index contributed by atoms with van der Waals surface area (Å²) < 4.78 is 10.4. The van der Waals surface area contributed by atoms with Crippen molar-refractivity contribution < 1.29 is 14.3 Å². The monoisotopic (exact) mass is 345 g/mol. The Morgan fingerprint density at radius 1 is 1.17 bits per heavy atom. The molecule has 0 fully saturated rings. The lowest BCUT2D eigenvalue weighted by atomic mass is 10.1. The molecule has 0 aliphatic carbocycles. The lowest BCUT2D eigenvalue weighted by molar-refractivity contribution is -0.117. The van der Waals surface area contributed by atoms with Gasteiger partial charge in [0.2, 0.25) is 5.91 Å². The summed E-state index contributed by atoms with van der Waals surface area (Å²) in [4.78, 5) is 12.1. The smallest absolute Gasteiger partial charge is 0.244 e. The van der Waals surface area contributed by atoms with Crippen LogP contribution in [-0.4, -0.2) is 20.1 Å². The van der Waals surface area contributed by atoms with E-state index < -0.39 is 0 Å². The topological polar surface area (TPSA) is 47.6 Å². The summed E-state index contributed by atoms with van der Waals surface area (Å²) in [6.07, 6.45) is 3.15. The quantitative estimate of drug-likeness (QED) is 0.796. The molecule has 0 bridgehead atoms. The van der Waals surface area contributed by atoms with Crippen LogP contribution in [0.4, 0.5) is 0 Å². The first-order valence-corrected chi connectivity index (χ1v) is 7.88. The van der Waals surface area contributed by atoms with Crippen LogP contribution < -0.4 is 14.8 Å². The summed E-state index contributed by atoms with van der Waals surface area (Å²) in [5.74, 6) is 0.804. The average Bonchev–Trinajstić information content (AvgIpc) is 2.60. The van der Waals surface area contributed by atoms with Crippen LogP contribution >= 0.6 is 11.6 Å². The van der Waals surface area contributed by atoms with E-state index >= 15 is 0 Å². The Labute approximate surface area is 147 Å². The van der Waals surface area contributed by atoms with Gasteiger partial charge in [-0.15, -0.1) is 0 Å². The van der Waals surface area contributed by atoms with Gasteiger partial charge in [-0.2, -0.15) is 0 Å². The van der Waals surface area contributed by atoms with Crippen LogP contribution in [0, 0.1) is 0 Å². The van der Waals surface area contributed by atoms with Gasteiger partial charge < -0.3 is 14.8 Å². The van der Waals surface area contributed by atoms with E-state index in [2.05, 4.69) is 5.32 Å². The first-order chi connectivity index (χ1) is 11.5. The summed E-state index contributed by atoms with van der Waals surface area (Å²) in [6.45, 7) is 1.94. The number of hydrogen-bond acceptors (Lipinski definition) is 3. The zero-order chi connectivity index (χ0) is 17.5. The standard InChI is InChI=1S/C19H20ClNO3/c1-13(15-7-5-4-6-8-15)21-18(22)10-9-14-11-16(20)19(24-3)17(12-14)23-2/h4-13H,1-3H3,(H,21,22)/b10-9+. The van der Waals surface area contributed by atoms with Gasteiger partial charge in [-0.05, 0) is 36.3 Å². The van der Waals surface area contributed by atoms with Crippen LogP contribution in [0.15, 0.2) is 48.5 Å². The van der Waals surface area contributed by atoms with Gasteiger partial charge in [0, 0.05) is 6.08 Å². The molecule has 2 aromatic carbocycles. The van der Waals surface area contributed by atoms with Gasteiger partial charge in [-0.25, -0.2) is 0 Å². The highest BCUT2D eigenvalue weighted by Gasteiger charge is 2.10. The van der Waals surface area contributed by atoms with E-state index in [0.717, 1.165) is 11.1 Å². The lowest BCUT2D eigenvalue weighted by Gasteiger charge is -2.12. The number of rotatable bonds is 6. The average molecular weight is 346 g/mol. The molecule has 0 aliphatic heterocycles. The summed E-state index contributed by atoms with van der Waals surface area (Å²) in [5, 5.41) is 3.34. The Kier molecular flexibility index (Phi) is 6.27. The van der Waals surface area contributed by atoms with Crippen LogP contribution in [0.3, 0.4) is 0 Å². The third kappa shape index (κ3) is 4.52. The number of hydrogen-bond donors (Lipinski definition) is 1. The van der Waals surface area contributed by atoms with Gasteiger partial charge in [-0.1, -0.05) is 41.9 Å². The number of benzene rings is 2. The normalized spacial score (nSPS) is 12.0. The van der Waals surface area contributed by atoms with Crippen molar-refractivity contribution in [3.05, 3.63) is 64.7 Å². The maximum absolute atomic E-state index is 12.1. The third-order valence-corrected chi connectivity index (χ3v) is 3.82. The Morgan fingerprint density at radius 2 is 1.88 bits per heavy atom. The molecule has 1 atom stereocenters. The van der Waals surface area contributed by atoms with Crippen molar-refractivity contribution in [2.45, 2.75) is 13.0 Å². The molecule has 0 saturated heterocycles. The van der Waals surface area contributed by atoms with Crippen molar-refractivity contribution in [2.24, 2.45) is 0 Å². The highest BCUT2D eigenvalue weighted by Crippen LogP contribution is 2.36. The fraction of sp³-hybridized carbons (Fsp3) is 0.211. The van der Waals surface area contributed by atoms with E-state index in [-0.39, 0.29) is 11.9 Å². The SMILES string of the molecule is COc1cc(/C=C/C(=O)NC(C)c2ccccc2)cc(Cl)c1OC. The minimum atomic E-state index is -0.183. The Hall–Kier alpha value is -2.46. The molecule has 0 spiro atoms. The number of amides is 1. The van der Waals surface area contributed by atoms with E-state index in [4.69, 9.17) is 21.1 Å². The molecule has 2 rings (SSSR count). The molecule has 0 aliphatic rings. The number of nitrogens with one attached hydrogen (secondary N) is 1. The lowest BCUT2D eigenvalue weighted by Crippen LogP contribution is -2.24. The highest BCUT2D eigenvalue weighted by molar-refractivity contribution is 6.32. The maximum Gasteiger partial charge on any atom is 0.244 e. The van der Waals surface area contributed by atoms with E-state index in [1.807, 2.05) is 37.3 Å². The second-order valence-electron chi connectivity index (χ2n) is 5.21. The summed E-state index contributed by atoms with van der Waals surface area (Å²) in [7, 11) is 3.06. The molecular formula is C19H20ClNO3. The molecule has 2 aromatic rings. The van der Waals surface area contributed by atoms with Crippen molar-refractivity contribution in [1.29, 1.82) is 0 Å². The molecular weight excluding hydrogens is 326 g/mol. The molecule has 4 nitrogen and oxygen atoms in total. The first-order valence-electron chi connectivity index (χ1n) is 7.50. The molecule has 24 heavy (non-hydrogen) atoms. The molecule has 5 heteroatoms. The maximum atomic E-state index is 12.1. The van der Waals surface area contributed by atoms with Crippen molar-refractivity contribution in [2.75, 3.05) is 14.2 Å². The predicted octanol–water partition coefficient (Wildman–Crippen LogP) is 4.25. The zero-order valence-corrected chi connectivity index (χ0v) is 14.6. The molecule has 0 aromatic heterocycles. The Balaban J connectivity index is 2.07. The van der Waals surface area contributed by atoms with Gasteiger partial charge in [0.1, 0.15) is 0 Å². The van der Waals surface area contributed by atoms with Crippen molar-refractivity contribution >= 4 is 23.6 Å². The van der Waals surface area contributed by atoms with Gasteiger partial charge in [-0.3, -0.25) is 4.79 Å². The molecule has 1 N–H and O–H groups in total. The fourth-order valence-corrected chi connectivity index (χ4v) is 2.59. The molecule has 1 unspecified atom stereocenters. The number of methoxy groups -OCH3 is 2. The Morgan fingerprint density at radius 3 is 2.50 bits per heavy atom. The highest BCUT2D eigenvalue weighted by atomic mass is 35.5. The van der Waals surface area contributed by atoms with Crippen LogP contribution in [-0.2, 0) is 4.79 Å². The van der Waals surface area contributed by atoms with E-state index in [1.54, 1.807) is 18.2 Å². The van der Waals surface area contributed by atoms with Crippen LogP contribution in [0.5, 0.6) is 11.5 Å². The Bertz CT molecular complexity index is 729. The van der Waals surface area contributed by atoms with Gasteiger partial charge in [0.05, 0.1) is 25.3 Å². The molecule has 126 valence electrons. The molecule has 1 amide bonds. The predicted molar refractivity (Wildman–Crippen MR) is 96.6 cm³/mol. The largest absolute Gasteiger partial charge is 0.493 e. The number of carbonyl (C=O) groups excluding carboxylic acids is 1. The van der Waals surface area contributed by atoms with Gasteiger partial charge in [0.25, 0.3) is 0 Å². The summed E-state index contributed by atoms with van der Waals surface area (Å²) >= 11 is 6.15. The molecule has 0 saturated carbocycles. The van der Waals surface area contributed by atoms with Crippen molar-refractivity contribution in [3.63, 3.8) is 0 Å². The van der Waals surface area contributed by atoms with Gasteiger partial charge >= 0.3 is 0 Å². The van der Waals surface area contributed by atoms with Crippen LogP contribution in [0.2, 0.25) is 5.02 Å². The number of ether oxygens (including phenoxy) is 2. The van der Waals surface area contributed by atoms with Crippen LogP contribution in [0.1, 0.15) is 24.1 Å². The minimum Gasteiger partial charge on any atom is -0.493 e. The van der Waals surface area contributed by atoms with Crippen LogP contribution in [0.25, 0.3) is 6.08 Å². The van der Waals surface area contributed by atoms with E-state index in [9.17, 15) is 4.79 Å². The molecule has 0 heterocycles. The van der Waals surface area contributed by atoms with Crippen molar-refractivity contribution in [1.82, 2.24) is 5.32 Å². The fourth-order valence-electron chi connectivity index (χ4n) is 2.29. The summed E-state index contributed by atoms with van der Waals surface area (Å²) in [6, 6.07) is 13.2. The second kappa shape index (κ2) is 8.41. The zero-order valence-electron chi connectivity index (χ0n) is 13.9. The minimum absolute atomic E-state index is 0.0719. The second-order valence-corrected chi connectivity index (χ2v) is 5.62. The summed E-state index contributed by atoms with van der Waals surface area (Å²) in [5.41, 5.74) is 1.80. The van der Waals surface area contributed by atoms with E-state index in [1.165, 1.54) is 20.3 Å². The van der Waals surface area contributed by atoms with E-state index in [0.29, 0.717) is 16.5 Å². The van der Waals surface area contributed by atoms with Crippen molar-refractivity contribution in [3.8, 4) is 11.5 Å². The molecule has 0 radical (unpaired) electrons. The third-order valence-electron chi connectivity index (χ3n) is 3.54. The first kappa shape index (κ1) is 17.9.